The second-order valence-electron chi connectivity index (χ2n) is 8.40. The molecule has 200 valence electrons. The summed E-state index contributed by atoms with van der Waals surface area (Å²) in [6.07, 6.45) is 6.35. The fraction of sp³-hybridized carbons (Fsp3) is 0.444. The van der Waals surface area contributed by atoms with Gasteiger partial charge in [-0.1, -0.05) is 33.1 Å². The Balaban J connectivity index is 0.000000262. The predicted molar refractivity (Wildman–Crippen MR) is 143 cm³/mol. The first kappa shape index (κ1) is 28.8. The van der Waals surface area contributed by atoms with E-state index in [1.807, 2.05) is 0 Å². The highest BCUT2D eigenvalue weighted by Gasteiger charge is 2.18. The van der Waals surface area contributed by atoms with Crippen molar-refractivity contribution in [1.29, 1.82) is 0 Å². The normalized spacial score (nSPS) is 13.4. The number of rotatable bonds is 12. The van der Waals surface area contributed by atoms with E-state index < -0.39 is 0 Å². The van der Waals surface area contributed by atoms with E-state index in [9.17, 15) is 14.4 Å². The highest BCUT2D eigenvalue weighted by Crippen LogP contribution is 2.38. The summed E-state index contributed by atoms with van der Waals surface area (Å²) in [5.41, 5.74) is 1.12. The Morgan fingerprint density at radius 1 is 0.973 bits per heavy atom. The lowest BCUT2D eigenvalue weighted by molar-refractivity contribution is -0.144. The molecule has 2 aliphatic heterocycles. The van der Waals surface area contributed by atoms with Crippen LogP contribution in [0.15, 0.2) is 33.6 Å². The average molecular weight is 596 g/mol. The van der Waals surface area contributed by atoms with E-state index in [2.05, 4.69) is 29.8 Å². The van der Waals surface area contributed by atoms with E-state index in [-0.39, 0.29) is 19.6 Å². The molecule has 2 heterocycles. The van der Waals surface area contributed by atoms with E-state index in [1.165, 1.54) is 18.2 Å². The zero-order valence-electron chi connectivity index (χ0n) is 21.0. The third-order valence-electron chi connectivity index (χ3n) is 5.84. The first-order chi connectivity index (χ1) is 18.0. The molecular weight excluding hydrogens is 564 g/mol. The number of carbonyl (C=O) groups excluding carboxylic acids is 3. The molecule has 0 amide bonds. The van der Waals surface area contributed by atoms with Crippen molar-refractivity contribution in [3.63, 3.8) is 0 Å². The van der Waals surface area contributed by atoms with Gasteiger partial charge in [0.05, 0.1) is 13.0 Å². The Bertz CT molecular complexity index is 1090. The van der Waals surface area contributed by atoms with Crippen LogP contribution in [0.5, 0.6) is 23.0 Å². The van der Waals surface area contributed by atoms with Gasteiger partial charge in [0.25, 0.3) is 0 Å². The van der Waals surface area contributed by atoms with Crippen LogP contribution in [0.3, 0.4) is 0 Å². The molecule has 10 heteroatoms. The molecule has 0 radical (unpaired) electrons. The molecule has 2 aromatic rings. The molecule has 4 rings (SSSR count). The van der Waals surface area contributed by atoms with E-state index >= 15 is 0 Å². The van der Waals surface area contributed by atoms with Crippen LogP contribution in [0.25, 0.3) is 0 Å². The molecule has 0 N–H and O–H groups in total. The molecule has 2 aliphatic rings. The molecule has 0 aliphatic carbocycles. The summed E-state index contributed by atoms with van der Waals surface area (Å²) in [5.74, 6) is 3.35. The maximum atomic E-state index is 11.9. The lowest BCUT2D eigenvalue weighted by atomic mass is 10.0. The number of hydrogen-bond acceptors (Lipinski definition) is 9. The SMILES string of the molecule is CCCCC(CC)COC(=O)CCSc1cc2c(cc1C=O)OCO2.O=Cc1cc2c(cc1Br)OCO2. The number of carbonyl (C=O) groups is 3. The molecule has 8 nitrogen and oxygen atoms in total. The Kier molecular flexibility index (Phi) is 11.6. The molecule has 1 atom stereocenters. The van der Waals surface area contributed by atoms with Crippen molar-refractivity contribution in [2.75, 3.05) is 25.9 Å². The van der Waals surface area contributed by atoms with Gasteiger partial charge in [0.2, 0.25) is 13.6 Å². The molecule has 0 saturated heterocycles. The van der Waals surface area contributed by atoms with Crippen molar-refractivity contribution in [3.05, 3.63) is 39.9 Å². The molecule has 0 spiro atoms. The van der Waals surface area contributed by atoms with E-state index in [1.54, 1.807) is 24.3 Å². The summed E-state index contributed by atoms with van der Waals surface area (Å²) in [6, 6.07) is 6.85. The highest BCUT2D eigenvalue weighted by molar-refractivity contribution is 9.10. The number of aldehydes is 2. The van der Waals surface area contributed by atoms with Crippen molar-refractivity contribution in [1.82, 2.24) is 0 Å². The Hall–Kier alpha value is -2.72. The molecule has 1 unspecified atom stereocenters. The number of esters is 1. The third kappa shape index (κ3) is 8.39. The summed E-state index contributed by atoms with van der Waals surface area (Å²) >= 11 is 4.70. The van der Waals surface area contributed by atoms with Gasteiger partial charge < -0.3 is 23.7 Å². The lowest BCUT2D eigenvalue weighted by Crippen LogP contribution is -2.14. The van der Waals surface area contributed by atoms with E-state index in [0.29, 0.717) is 58.8 Å². The van der Waals surface area contributed by atoms with Crippen LogP contribution < -0.4 is 18.9 Å². The van der Waals surface area contributed by atoms with Crippen LogP contribution >= 0.6 is 27.7 Å². The van der Waals surface area contributed by atoms with Gasteiger partial charge in [-0.3, -0.25) is 14.4 Å². The highest BCUT2D eigenvalue weighted by atomic mass is 79.9. The van der Waals surface area contributed by atoms with Crippen LogP contribution in [-0.4, -0.2) is 44.5 Å². The number of unbranched alkanes of at least 4 members (excludes halogenated alkanes) is 1. The first-order valence-corrected chi connectivity index (χ1v) is 14.0. The maximum Gasteiger partial charge on any atom is 0.306 e. The van der Waals surface area contributed by atoms with E-state index in [4.69, 9.17) is 23.7 Å². The van der Waals surface area contributed by atoms with Crippen LogP contribution in [-0.2, 0) is 9.53 Å². The number of ether oxygens (including phenoxy) is 5. The first-order valence-electron chi connectivity index (χ1n) is 12.2. The van der Waals surface area contributed by atoms with Crippen LogP contribution in [0.4, 0.5) is 0 Å². The molecule has 0 bridgehead atoms. The minimum Gasteiger partial charge on any atom is -0.465 e. The molecule has 0 fully saturated rings. The summed E-state index contributed by atoms with van der Waals surface area (Å²) in [6.45, 7) is 5.20. The number of hydrogen-bond donors (Lipinski definition) is 0. The van der Waals surface area contributed by atoms with Gasteiger partial charge in [-0.05, 0) is 52.5 Å². The Labute approximate surface area is 229 Å². The van der Waals surface area contributed by atoms with Crippen molar-refractivity contribution >= 4 is 46.2 Å². The van der Waals surface area contributed by atoms with E-state index in [0.717, 1.165) is 41.2 Å². The predicted octanol–water partition coefficient (Wildman–Crippen LogP) is 6.46. The van der Waals surface area contributed by atoms with Gasteiger partial charge in [-0.25, -0.2) is 0 Å². The van der Waals surface area contributed by atoms with Gasteiger partial charge in [-0.2, -0.15) is 0 Å². The van der Waals surface area contributed by atoms with Gasteiger partial charge in [0.15, 0.2) is 35.6 Å². The minimum atomic E-state index is -0.184. The smallest absolute Gasteiger partial charge is 0.306 e. The Morgan fingerprint density at radius 2 is 1.57 bits per heavy atom. The number of benzene rings is 2. The topological polar surface area (TPSA) is 97.4 Å². The standard InChI is InChI=1S/C19H26O5S.C8H5BrO3/c1-3-5-6-14(4-2)12-22-19(21)7-8-25-18-10-17-16(23-13-24-17)9-15(18)11-20;9-6-2-8-7(11-4-12-8)1-5(6)3-10/h9-11,14H,3-8,12-13H2,1-2H3;1-3H,4H2. The molecule has 2 aromatic carbocycles. The average Bonchev–Trinajstić information content (AvgIpc) is 3.56. The molecular formula is C27H31BrO8S. The van der Waals surface area contributed by atoms with Gasteiger partial charge >= 0.3 is 5.97 Å². The number of thioether (sulfide) groups is 1. The molecule has 0 saturated carbocycles. The molecule has 37 heavy (non-hydrogen) atoms. The quantitative estimate of drug-likeness (QED) is 0.156. The minimum absolute atomic E-state index is 0.171. The van der Waals surface area contributed by atoms with Gasteiger partial charge in [-0.15, -0.1) is 11.8 Å². The Morgan fingerprint density at radius 3 is 2.16 bits per heavy atom. The fourth-order valence-corrected chi connectivity index (χ4v) is 4.97. The lowest BCUT2D eigenvalue weighted by Gasteiger charge is -2.14. The summed E-state index contributed by atoms with van der Waals surface area (Å²) < 4.78 is 26.9. The second kappa shape index (κ2) is 14.9. The third-order valence-corrected chi connectivity index (χ3v) is 7.60. The number of fused-ring (bicyclic) bond motifs is 2. The zero-order valence-corrected chi connectivity index (χ0v) is 23.4. The largest absolute Gasteiger partial charge is 0.465 e. The molecule has 0 aromatic heterocycles. The summed E-state index contributed by atoms with van der Waals surface area (Å²) in [7, 11) is 0. The zero-order chi connectivity index (χ0) is 26.6. The second-order valence-corrected chi connectivity index (χ2v) is 10.4. The fourth-order valence-electron chi connectivity index (χ4n) is 3.60. The van der Waals surface area contributed by atoms with Crippen LogP contribution in [0.1, 0.15) is 66.7 Å². The summed E-state index contributed by atoms with van der Waals surface area (Å²) in [5, 5.41) is 0. The maximum absolute atomic E-state index is 11.9. The van der Waals surface area contributed by atoms with Crippen LogP contribution in [0.2, 0.25) is 0 Å². The number of halogens is 1. The van der Waals surface area contributed by atoms with Crippen molar-refractivity contribution in [2.24, 2.45) is 5.92 Å². The van der Waals surface area contributed by atoms with Crippen molar-refractivity contribution < 1.29 is 38.1 Å². The monoisotopic (exact) mass is 594 g/mol. The van der Waals surface area contributed by atoms with Gasteiger partial charge in [0, 0.05) is 26.2 Å². The van der Waals surface area contributed by atoms with Crippen molar-refractivity contribution in [2.45, 2.75) is 50.8 Å². The van der Waals surface area contributed by atoms with Gasteiger partial charge in [0.1, 0.15) is 0 Å². The van der Waals surface area contributed by atoms with Crippen LogP contribution in [0, 0.1) is 5.92 Å². The van der Waals surface area contributed by atoms with Crippen molar-refractivity contribution in [3.8, 4) is 23.0 Å². The summed E-state index contributed by atoms with van der Waals surface area (Å²) in [4.78, 5) is 34.4.